The van der Waals surface area contributed by atoms with Crippen LogP contribution in [0.3, 0.4) is 0 Å². The molecule has 0 amide bonds. The Balaban J connectivity index is 3.42. The van der Waals surface area contributed by atoms with Crippen LogP contribution in [-0.4, -0.2) is 21.5 Å². The van der Waals surface area contributed by atoms with Crippen molar-refractivity contribution in [3.8, 4) is 0 Å². The second-order valence-electron chi connectivity index (χ2n) is 6.13. The largest absolute Gasteiger partial charge is 0.399 e. The SMILES string of the molecule is C=C(N)C(=C)/C=C(C)\C(C=N)=C(/C)c1nc(/C(C)=C/C(C)=N)cn1C. The van der Waals surface area contributed by atoms with E-state index in [1.807, 2.05) is 44.7 Å². The smallest absolute Gasteiger partial charge is 0.136 e. The van der Waals surface area contributed by atoms with Crippen LogP contribution in [-0.2, 0) is 7.05 Å². The highest BCUT2D eigenvalue weighted by Crippen LogP contribution is 2.24. The van der Waals surface area contributed by atoms with E-state index in [0.29, 0.717) is 17.0 Å². The fraction of sp³-hybridized carbons (Fsp3) is 0.250. The molecule has 1 aromatic heterocycles. The molecule has 0 saturated carbocycles. The average Bonchev–Trinajstić information content (AvgIpc) is 2.89. The summed E-state index contributed by atoms with van der Waals surface area (Å²) in [4.78, 5) is 4.67. The first-order valence-corrected chi connectivity index (χ1v) is 7.89. The van der Waals surface area contributed by atoms with Gasteiger partial charge in [0, 0.05) is 42.0 Å². The number of nitrogens with two attached hydrogens (primary N) is 1. The van der Waals surface area contributed by atoms with Gasteiger partial charge in [-0.1, -0.05) is 13.2 Å². The van der Waals surface area contributed by atoms with Crippen molar-refractivity contribution in [3.63, 3.8) is 0 Å². The maximum absolute atomic E-state index is 7.79. The molecular formula is C20H27N5. The van der Waals surface area contributed by atoms with Gasteiger partial charge in [0.25, 0.3) is 0 Å². The highest BCUT2D eigenvalue weighted by atomic mass is 15.0. The molecule has 0 saturated heterocycles. The second-order valence-corrected chi connectivity index (χ2v) is 6.13. The molecule has 0 aliphatic heterocycles. The monoisotopic (exact) mass is 337 g/mol. The minimum absolute atomic E-state index is 0.406. The van der Waals surface area contributed by atoms with Crippen LogP contribution in [0.4, 0.5) is 0 Å². The molecule has 0 atom stereocenters. The van der Waals surface area contributed by atoms with Gasteiger partial charge in [0.05, 0.1) is 5.69 Å². The summed E-state index contributed by atoms with van der Waals surface area (Å²) in [6.07, 6.45) is 6.84. The van der Waals surface area contributed by atoms with Crippen molar-refractivity contribution in [2.24, 2.45) is 12.8 Å². The lowest BCUT2D eigenvalue weighted by atomic mass is 10.00. The Labute approximate surface area is 150 Å². The lowest BCUT2D eigenvalue weighted by molar-refractivity contribution is 0.888. The Bertz CT molecular complexity index is 828. The van der Waals surface area contributed by atoms with Crippen molar-refractivity contribution in [2.45, 2.75) is 27.7 Å². The highest BCUT2D eigenvalue weighted by Gasteiger charge is 2.13. The molecular weight excluding hydrogens is 310 g/mol. The first-order valence-electron chi connectivity index (χ1n) is 7.89. The maximum atomic E-state index is 7.79. The number of nitrogens with zero attached hydrogens (tertiary/aromatic N) is 2. The van der Waals surface area contributed by atoms with Crippen molar-refractivity contribution < 1.29 is 0 Å². The lowest BCUT2D eigenvalue weighted by Crippen LogP contribution is -2.01. The summed E-state index contributed by atoms with van der Waals surface area (Å²) in [6, 6.07) is 0. The number of imidazole rings is 1. The van der Waals surface area contributed by atoms with E-state index in [9.17, 15) is 0 Å². The lowest BCUT2D eigenvalue weighted by Gasteiger charge is -2.09. The number of nitrogens with one attached hydrogen (secondary N) is 2. The van der Waals surface area contributed by atoms with E-state index in [-0.39, 0.29) is 0 Å². The molecule has 1 heterocycles. The molecule has 4 N–H and O–H groups in total. The van der Waals surface area contributed by atoms with Gasteiger partial charge in [0.1, 0.15) is 5.82 Å². The van der Waals surface area contributed by atoms with Gasteiger partial charge in [-0.3, -0.25) is 0 Å². The first-order chi connectivity index (χ1) is 11.6. The van der Waals surface area contributed by atoms with E-state index in [0.717, 1.165) is 33.8 Å². The van der Waals surface area contributed by atoms with Gasteiger partial charge in [-0.15, -0.1) is 0 Å². The summed E-state index contributed by atoms with van der Waals surface area (Å²) in [5.41, 5.74) is 11.4. The van der Waals surface area contributed by atoms with Crippen molar-refractivity contribution in [3.05, 3.63) is 65.4 Å². The predicted molar refractivity (Wildman–Crippen MR) is 108 cm³/mol. The van der Waals surface area contributed by atoms with Gasteiger partial charge in [-0.25, -0.2) is 4.98 Å². The van der Waals surface area contributed by atoms with Crippen LogP contribution in [0.15, 0.2) is 53.9 Å². The molecule has 1 rings (SSSR count). The molecule has 0 spiro atoms. The van der Waals surface area contributed by atoms with Gasteiger partial charge in [0.15, 0.2) is 0 Å². The maximum Gasteiger partial charge on any atom is 0.136 e. The quantitative estimate of drug-likeness (QED) is 0.512. The fourth-order valence-electron chi connectivity index (χ4n) is 2.47. The number of aryl methyl sites for hydroxylation is 1. The highest BCUT2D eigenvalue weighted by molar-refractivity contribution is 5.96. The minimum atomic E-state index is 0.406. The van der Waals surface area contributed by atoms with Crippen LogP contribution in [0.5, 0.6) is 0 Å². The van der Waals surface area contributed by atoms with Crippen LogP contribution in [0.2, 0.25) is 0 Å². The predicted octanol–water partition coefficient (Wildman–Crippen LogP) is 4.26. The summed E-state index contributed by atoms with van der Waals surface area (Å²) in [5.74, 6) is 0.772. The van der Waals surface area contributed by atoms with Crippen LogP contribution >= 0.6 is 0 Å². The Hall–Kier alpha value is -2.95. The van der Waals surface area contributed by atoms with Gasteiger partial charge in [-0.2, -0.15) is 0 Å². The summed E-state index contributed by atoms with van der Waals surface area (Å²) >= 11 is 0. The molecule has 0 bridgehead atoms. The molecule has 1 aromatic rings. The Morgan fingerprint density at radius 1 is 1.20 bits per heavy atom. The fourth-order valence-corrected chi connectivity index (χ4v) is 2.47. The van der Waals surface area contributed by atoms with Gasteiger partial charge < -0.3 is 21.1 Å². The molecule has 0 aromatic carbocycles. The third-order valence-corrected chi connectivity index (χ3v) is 3.83. The van der Waals surface area contributed by atoms with Gasteiger partial charge in [0.2, 0.25) is 0 Å². The number of rotatable bonds is 7. The number of allylic oxidation sites excluding steroid dienone is 6. The molecule has 25 heavy (non-hydrogen) atoms. The summed E-state index contributed by atoms with van der Waals surface area (Å²) in [7, 11) is 1.92. The summed E-state index contributed by atoms with van der Waals surface area (Å²) < 4.78 is 1.93. The standard InChI is InChI=1S/C20H27N5/c1-12(17(6)23)8-13(2)18(10-21)16(5)20-24-19(11-25(20)7)14(3)9-15(4)22/h8-11,21-22H,1,6,23H2,2-5,7H3/b13-8-,14-9+,18-16+,21-10?,22-15?. The first kappa shape index (κ1) is 20.1. The molecule has 0 aliphatic carbocycles. The number of hydrogen-bond donors (Lipinski definition) is 3. The molecule has 5 nitrogen and oxygen atoms in total. The topological polar surface area (TPSA) is 91.5 Å². The van der Waals surface area contributed by atoms with E-state index in [1.54, 1.807) is 13.0 Å². The molecule has 5 heteroatoms. The van der Waals surface area contributed by atoms with Crippen LogP contribution in [0.1, 0.15) is 39.2 Å². The Morgan fingerprint density at radius 3 is 2.28 bits per heavy atom. The van der Waals surface area contributed by atoms with Gasteiger partial charge >= 0.3 is 0 Å². The van der Waals surface area contributed by atoms with Crippen LogP contribution in [0, 0.1) is 10.8 Å². The Kier molecular flexibility index (Phi) is 6.62. The van der Waals surface area contributed by atoms with Crippen molar-refractivity contribution in [1.82, 2.24) is 9.55 Å². The number of hydrogen-bond acceptors (Lipinski definition) is 4. The van der Waals surface area contributed by atoms with Crippen molar-refractivity contribution in [2.75, 3.05) is 0 Å². The Morgan fingerprint density at radius 2 is 1.80 bits per heavy atom. The van der Waals surface area contributed by atoms with Crippen molar-refractivity contribution >= 4 is 23.1 Å². The second kappa shape index (κ2) is 8.24. The third kappa shape index (κ3) is 5.01. The van der Waals surface area contributed by atoms with E-state index in [4.69, 9.17) is 16.6 Å². The van der Waals surface area contributed by atoms with Gasteiger partial charge in [-0.05, 0) is 56.6 Å². The van der Waals surface area contributed by atoms with Crippen LogP contribution in [0.25, 0.3) is 11.1 Å². The molecule has 0 fully saturated rings. The van der Waals surface area contributed by atoms with E-state index in [1.165, 1.54) is 6.21 Å². The zero-order valence-electron chi connectivity index (χ0n) is 15.7. The molecule has 132 valence electrons. The third-order valence-electron chi connectivity index (χ3n) is 3.83. The van der Waals surface area contributed by atoms with E-state index < -0.39 is 0 Å². The minimum Gasteiger partial charge on any atom is -0.399 e. The zero-order valence-corrected chi connectivity index (χ0v) is 15.7. The molecule has 0 aliphatic rings. The summed E-state index contributed by atoms with van der Waals surface area (Å²) in [5, 5.41) is 15.4. The van der Waals surface area contributed by atoms with Crippen LogP contribution < -0.4 is 5.73 Å². The van der Waals surface area contributed by atoms with E-state index in [2.05, 4.69) is 18.1 Å². The van der Waals surface area contributed by atoms with E-state index >= 15 is 0 Å². The zero-order chi connectivity index (χ0) is 19.3. The summed E-state index contributed by atoms with van der Waals surface area (Å²) in [6.45, 7) is 15.1. The normalized spacial score (nSPS) is 13.3. The molecule has 0 unspecified atom stereocenters. The van der Waals surface area contributed by atoms with Crippen molar-refractivity contribution in [1.29, 1.82) is 10.8 Å². The molecule has 0 radical (unpaired) electrons. The average molecular weight is 337 g/mol. The number of aromatic nitrogens is 2.